The molecule has 2 N–H and O–H groups in total. The van der Waals surface area contributed by atoms with Crippen LogP contribution >= 0.6 is 0 Å². The maximum atomic E-state index is 12.5. The van der Waals surface area contributed by atoms with Gasteiger partial charge < -0.3 is 10.5 Å². The summed E-state index contributed by atoms with van der Waals surface area (Å²) in [6, 6.07) is 3.28. The molecule has 3 nitrogen and oxygen atoms in total. The van der Waals surface area contributed by atoms with Gasteiger partial charge in [0.15, 0.2) is 0 Å². The van der Waals surface area contributed by atoms with E-state index in [9.17, 15) is 8.78 Å². The molecule has 14 heavy (non-hydrogen) atoms. The summed E-state index contributed by atoms with van der Waals surface area (Å²) >= 11 is 0. The number of hydrogen-bond acceptors (Lipinski definition) is 3. The van der Waals surface area contributed by atoms with Gasteiger partial charge in [-0.1, -0.05) is 0 Å². The minimum absolute atomic E-state index is 0.0196. The lowest BCUT2D eigenvalue weighted by Crippen LogP contribution is -2.07. The minimum atomic E-state index is -2.55. The summed E-state index contributed by atoms with van der Waals surface area (Å²) < 4.78 is 30.0. The van der Waals surface area contributed by atoms with Crippen LogP contribution in [-0.4, -0.2) is 17.5 Å². The fourth-order valence-electron chi connectivity index (χ4n) is 1.15. The number of nitrogens with zero attached hydrogens (tertiary/aromatic N) is 1. The number of pyridine rings is 1. The molecule has 0 amide bonds. The summed E-state index contributed by atoms with van der Waals surface area (Å²) in [5.41, 5.74) is 5.89. The summed E-state index contributed by atoms with van der Waals surface area (Å²) in [6.07, 6.45) is 1.41. The van der Waals surface area contributed by atoms with Crippen molar-refractivity contribution in [3.05, 3.63) is 18.3 Å². The van der Waals surface area contributed by atoms with E-state index in [-0.39, 0.29) is 18.9 Å². The molecule has 1 aliphatic rings. The quantitative estimate of drug-likeness (QED) is 0.807. The first-order chi connectivity index (χ1) is 6.59. The lowest BCUT2D eigenvalue weighted by Gasteiger charge is -2.05. The van der Waals surface area contributed by atoms with Crippen molar-refractivity contribution in [3.8, 4) is 5.88 Å². The molecule has 0 aromatic carbocycles. The fraction of sp³-hybridized carbons (Fsp3) is 0.444. The monoisotopic (exact) mass is 200 g/mol. The lowest BCUT2D eigenvalue weighted by atomic mass is 10.4. The fourth-order valence-corrected chi connectivity index (χ4v) is 1.15. The van der Waals surface area contributed by atoms with E-state index in [1.165, 1.54) is 6.20 Å². The van der Waals surface area contributed by atoms with Gasteiger partial charge in [0.25, 0.3) is 5.92 Å². The lowest BCUT2D eigenvalue weighted by molar-refractivity contribution is 0.0851. The average Bonchev–Trinajstić information content (AvgIpc) is 2.73. The van der Waals surface area contributed by atoms with Crippen molar-refractivity contribution < 1.29 is 13.5 Å². The van der Waals surface area contributed by atoms with E-state index in [4.69, 9.17) is 10.5 Å². The molecule has 0 saturated heterocycles. The molecule has 1 fully saturated rings. The summed E-state index contributed by atoms with van der Waals surface area (Å²) in [4.78, 5) is 3.83. The van der Waals surface area contributed by atoms with E-state index in [1.807, 2.05) is 0 Å². The highest BCUT2D eigenvalue weighted by atomic mass is 19.3. The first-order valence-electron chi connectivity index (χ1n) is 4.31. The smallest absolute Gasteiger partial charge is 0.255 e. The number of ether oxygens (including phenoxy) is 1. The van der Waals surface area contributed by atoms with Gasteiger partial charge in [-0.05, 0) is 12.1 Å². The minimum Gasteiger partial charge on any atom is -0.476 e. The number of halogens is 2. The van der Waals surface area contributed by atoms with Gasteiger partial charge in [-0.3, -0.25) is 0 Å². The molecule has 1 heterocycles. The number of hydrogen-bond donors (Lipinski definition) is 1. The van der Waals surface area contributed by atoms with Crippen molar-refractivity contribution >= 4 is 5.69 Å². The van der Waals surface area contributed by atoms with Gasteiger partial charge >= 0.3 is 0 Å². The molecule has 1 unspecified atom stereocenters. The van der Waals surface area contributed by atoms with Gasteiger partial charge in [-0.15, -0.1) is 0 Å². The summed E-state index contributed by atoms with van der Waals surface area (Å²) in [6.45, 7) is -0.0196. The molecule has 0 aliphatic heterocycles. The van der Waals surface area contributed by atoms with Crippen molar-refractivity contribution in [1.29, 1.82) is 0 Å². The maximum Gasteiger partial charge on any atom is 0.255 e. The topological polar surface area (TPSA) is 48.1 Å². The Hall–Kier alpha value is -1.39. The second kappa shape index (κ2) is 3.08. The van der Waals surface area contributed by atoms with Crippen LogP contribution in [0.25, 0.3) is 0 Å². The Bertz CT molecular complexity index is 343. The van der Waals surface area contributed by atoms with E-state index >= 15 is 0 Å². The van der Waals surface area contributed by atoms with Gasteiger partial charge in [0, 0.05) is 12.6 Å². The Labute approximate surface area is 79.9 Å². The van der Waals surface area contributed by atoms with Crippen molar-refractivity contribution in [2.75, 3.05) is 12.3 Å². The highest BCUT2D eigenvalue weighted by Crippen LogP contribution is 2.48. The Morgan fingerprint density at radius 2 is 2.36 bits per heavy atom. The first-order valence-corrected chi connectivity index (χ1v) is 4.31. The Balaban J connectivity index is 1.90. The molecule has 76 valence electrons. The third-order valence-electron chi connectivity index (χ3n) is 2.18. The number of aromatic nitrogens is 1. The van der Waals surface area contributed by atoms with Crippen LogP contribution < -0.4 is 10.5 Å². The van der Waals surface area contributed by atoms with Crippen molar-refractivity contribution in [2.45, 2.75) is 12.3 Å². The predicted molar refractivity (Wildman–Crippen MR) is 47.2 cm³/mol. The molecular formula is C9H10F2N2O. The Morgan fingerprint density at radius 1 is 1.64 bits per heavy atom. The van der Waals surface area contributed by atoms with Crippen LogP contribution in [0.4, 0.5) is 14.5 Å². The van der Waals surface area contributed by atoms with Crippen LogP contribution in [0.5, 0.6) is 5.88 Å². The molecule has 5 heteroatoms. The first kappa shape index (κ1) is 9.18. The van der Waals surface area contributed by atoms with Crippen molar-refractivity contribution in [1.82, 2.24) is 4.98 Å². The number of nitrogen functional groups attached to an aromatic ring is 1. The molecule has 1 aromatic heterocycles. The average molecular weight is 200 g/mol. The van der Waals surface area contributed by atoms with E-state index in [1.54, 1.807) is 12.1 Å². The standard InChI is InChI=1S/C9H10F2N2O/c10-9(11)4-6(9)5-14-8-7(12)2-1-3-13-8/h1-3,6H,4-5,12H2. The van der Waals surface area contributed by atoms with Crippen LogP contribution in [0, 0.1) is 5.92 Å². The second-order valence-electron chi connectivity index (χ2n) is 3.37. The highest BCUT2D eigenvalue weighted by molar-refractivity contribution is 5.46. The van der Waals surface area contributed by atoms with E-state index in [0.29, 0.717) is 5.69 Å². The van der Waals surface area contributed by atoms with Gasteiger partial charge in [0.1, 0.15) is 0 Å². The molecule has 0 spiro atoms. The molecular weight excluding hydrogens is 190 g/mol. The van der Waals surface area contributed by atoms with Gasteiger partial charge in [0.2, 0.25) is 5.88 Å². The van der Waals surface area contributed by atoms with Gasteiger partial charge in [0.05, 0.1) is 18.2 Å². The third-order valence-corrected chi connectivity index (χ3v) is 2.18. The highest BCUT2D eigenvalue weighted by Gasteiger charge is 2.57. The van der Waals surface area contributed by atoms with Gasteiger partial charge in [-0.25, -0.2) is 13.8 Å². The number of rotatable bonds is 3. The number of alkyl halides is 2. The molecule has 1 aliphatic carbocycles. The third kappa shape index (κ3) is 1.76. The summed E-state index contributed by atoms with van der Waals surface area (Å²) in [5, 5.41) is 0. The second-order valence-corrected chi connectivity index (χ2v) is 3.37. The van der Waals surface area contributed by atoms with Crippen LogP contribution in [-0.2, 0) is 0 Å². The molecule has 1 aromatic rings. The normalized spacial score (nSPS) is 23.1. The number of anilines is 1. The zero-order chi connectivity index (χ0) is 10.2. The van der Waals surface area contributed by atoms with Crippen molar-refractivity contribution in [2.24, 2.45) is 5.92 Å². The van der Waals surface area contributed by atoms with Crippen LogP contribution in [0.15, 0.2) is 18.3 Å². The van der Waals surface area contributed by atoms with Gasteiger partial charge in [-0.2, -0.15) is 0 Å². The molecule has 0 bridgehead atoms. The Morgan fingerprint density at radius 3 is 2.93 bits per heavy atom. The maximum absolute atomic E-state index is 12.5. The van der Waals surface area contributed by atoms with Crippen LogP contribution in [0.1, 0.15) is 6.42 Å². The largest absolute Gasteiger partial charge is 0.476 e. The van der Waals surface area contributed by atoms with Crippen LogP contribution in [0.2, 0.25) is 0 Å². The Kier molecular flexibility index (Phi) is 2.02. The molecule has 1 atom stereocenters. The SMILES string of the molecule is Nc1cccnc1OCC1CC1(F)F. The zero-order valence-corrected chi connectivity index (χ0v) is 7.41. The molecule has 0 radical (unpaired) electrons. The zero-order valence-electron chi connectivity index (χ0n) is 7.41. The number of nitrogens with two attached hydrogens (primary N) is 1. The molecule has 2 rings (SSSR count). The van der Waals surface area contributed by atoms with E-state index in [0.717, 1.165) is 0 Å². The van der Waals surface area contributed by atoms with E-state index in [2.05, 4.69) is 4.98 Å². The molecule has 1 saturated carbocycles. The van der Waals surface area contributed by atoms with Crippen molar-refractivity contribution in [3.63, 3.8) is 0 Å². The van der Waals surface area contributed by atoms with E-state index < -0.39 is 11.8 Å². The summed E-state index contributed by atoms with van der Waals surface area (Å²) in [5.74, 6) is -3.00. The predicted octanol–water partition coefficient (Wildman–Crippen LogP) is 1.70. The summed E-state index contributed by atoms with van der Waals surface area (Å²) in [7, 11) is 0. The van der Waals surface area contributed by atoms with Crippen LogP contribution in [0.3, 0.4) is 0 Å².